The number of aromatic nitrogens is 1. The fraction of sp³-hybridized carbons (Fsp3) is 0. The topological polar surface area (TPSA) is 42.0 Å². The summed E-state index contributed by atoms with van der Waals surface area (Å²) in [6.45, 7) is 0. The van der Waals surface area contributed by atoms with Gasteiger partial charge in [-0.2, -0.15) is 0 Å². The van der Waals surface area contributed by atoms with E-state index in [9.17, 15) is 4.79 Å². The molecule has 0 aliphatic rings. The van der Waals surface area contributed by atoms with Crippen LogP contribution in [-0.4, -0.2) is 10.9 Å². The summed E-state index contributed by atoms with van der Waals surface area (Å²) in [5.41, 5.74) is 1.41. The molecule has 1 aromatic heterocycles. The van der Waals surface area contributed by atoms with Crippen LogP contribution in [0.1, 0.15) is 10.4 Å². The van der Waals surface area contributed by atoms with Crippen molar-refractivity contribution < 1.29 is 4.79 Å². The van der Waals surface area contributed by atoms with E-state index < -0.39 is 0 Å². The first kappa shape index (κ1) is 11.1. The molecule has 0 aliphatic carbocycles. The molecule has 0 atom stereocenters. The average molecular weight is 324 g/mol. The minimum absolute atomic E-state index is 0.121. The summed E-state index contributed by atoms with van der Waals surface area (Å²) in [7, 11) is 0. The third-order valence-corrected chi connectivity index (χ3v) is 2.70. The molecule has 1 heterocycles. The van der Waals surface area contributed by atoms with E-state index in [1.54, 1.807) is 24.5 Å². The predicted octanol–water partition coefficient (Wildman–Crippen LogP) is 2.94. The molecule has 2 aromatic rings. The Balaban J connectivity index is 2.14. The van der Waals surface area contributed by atoms with E-state index in [2.05, 4.69) is 32.9 Å². The lowest BCUT2D eigenvalue weighted by Crippen LogP contribution is -2.11. The molecule has 0 radical (unpaired) electrons. The maximum Gasteiger partial charge on any atom is 0.255 e. The Labute approximate surface area is 107 Å². The molecule has 16 heavy (non-hydrogen) atoms. The molecule has 1 aromatic carbocycles. The number of nitrogens with one attached hydrogen (secondary N) is 1. The number of halogens is 1. The van der Waals surface area contributed by atoms with Crippen molar-refractivity contribution in [3.05, 3.63) is 57.9 Å². The van der Waals surface area contributed by atoms with E-state index in [1.165, 1.54) is 0 Å². The smallest absolute Gasteiger partial charge is 0.255 e. The SMILES string of the molecule is O=C(Nc1cccc(I)c1)c1ccncc1. The Hall–Kier alpha value is -1.43. The van der Waals surface area contributed by atoms with Gasteiger partial charge in [0.15, 0.2) is 0 Å². The Bertz CT molecular complexity index is 499. The van der Waals surface area contributed by atoms with Crippen LogP contribution >= 0.6 is 22.6 Å². The number of rotatable bonds is 2. The van der Waals surface area contributed by atoms with Crippen LogP contribution in [-0.2, 0) is 0 Å². The lowest BCUT2D eigenvalue weighted by molar-refractivity contribution is 0.102. The maximum atomic E-state index is 11.8. The van der Waals surface area contributed by atoms with Crippen molar-refractivity contribution in [1.82, 2.24) is 4.98 Å². The molecule has 0 saturated heterocycles. The van der Waals surface area contributed by atoms with Crippen LogP contribution in [0.4, 0.5) is 5.69 Å². The first-order valence-corrected chi connectivity index (χ1v) is 5.80. The Morgan fingerprint density at radius 3 is 2.62 bits per heavy atom. The van der Waals surface area contributed by atoms with Gasteiger partial charge in [0.2, 0.25) is 0 Å². The van der Waals surface area contributed by atoms with Gasteiger partial charge in [-0.3, -0.25) is 9.78 Å². The van der Waals surface area contributed by atoms with Crippen LogP contribution in [0.25, 0.3) is 0 Å². The fourth-order valence-corrected chi connectivity index (χ4v) is 1.82. The van der Waals surface area contributed by atoms with Crippen LogP contribution in [0.2, 0.25) is 0 Å². The molecular weight excluding hydrogens is 315 g/mol. The van der Waals surface area contributed by atoms with Gasteiger partial charge in [-0.25, -0.2) is 0 Å². The Kier molecular flexibility index (Phi) is 3.51. The molecule has 0 saturated carbocycles. The monoisotopic (exact) mass is 324 g/mol. The second-order valence-electron chi connectivity index (χ2n) is 3.20. The van der Waals surface area contributed by atoms with Gasteiger partial charge in [-0.05, 0) is 52.9 Å². The molecule has 0 fully saturated rings. The van der Waals surface area contributed by atoms with Gasteiger partial charge in [-0.15, -0.1) is 0 Å². The van der Waals surface area contributed by atoms with E-state index in [4.69, 9.17) is 0 Å². The number of carbonyl (C=O) groups excluding carboxylic acids is 1. The summed E-state index contributed by atoms with van der Waals surface area (Å²) in [6, 6.07) is 11.0. The van der Waals surface area contributed by atoms with Gasteiger partial charge in [0.05, 0.1) is 0 Å². The van der Waals surface area contributed by atoms with Crippen molar-refractivity contribution in [3.8, 4) is 0 Å². The Morgan fingerprint density at radius 2 is 1.94 bits per heavy atom. The van der Waals surface area contributed by atoms with Crippen LogP contribution in [0.5, 0.6) is 0 Å². The van der Waals surface area contributed by atoms with Crippen molar-refractivity contribution >= 4 is 34.2 Å². The van der Waals surface area contributed by atoms with Crippen molar-refractivity contribution in [3.63, 3.8) is 0 Å². The summed E-state index contributed by atoms with van der Waals surface area (Å²) in [4.78, 5) is 15.7. The number of nitrogens with zero attached hydrogens (tertiary/aromatic N) is 1. The van der Waals surface area contributed by atoms with E-state index in [-0.39, 0.29) is 5.91 Å². The molecule has 80 valence electrons. The van der Waals surface area contributed by atoms with E-state index in [1.807, 2.05) is 24.3 Å². The number of hydrogen-bond donors (Lipinski definition) is 1. The first-order valence-electron chi connectivity index (χ1n) is 4.72. The molecule has 4 heteroatoms. The lowest BCUT2D eigenvalue weighted by Gasteiger charge is -2.04. The standard InChI is InChI=1S/C12H9IN2O/c13-10-2-1-3-11(8-10)15-12(16)9-4-6-14-7-5-9/h1-8H,(H,15,16). The van der Waals surface area contributed by atoms with Crippen LogP contribution in [0.3, 0.4) is 0 Å². The van der Waals surface area contributed by atoms with Gasteiger partial charge in [0, 0.05) is 27.2 Å². The zero-order valence-corrected chi connectivity index (χ0v) is 10.5. The van der Waals surface area contributed by atoms with Crippen LogP contribution in [0, 0.1) is 3.57 Å². The number of amides is 1. The minimum Gasteiger partial charge on any atom is -0.322 e. The first-order chi connectivity index (χ1) is 7.75. The summed E-state index contributed by atoms with van der Waals surface area (Å²) < 4.78 is 1.09. The summed E-state index contributed by atoms with van der Waals surface area (Å²) in [5.74, 6) is -0.121. The third kappa shape index (κ3) is 2.79. The Morgan fingerprint density at radius 1 is 1.19 bits per heavy atom. The molecule has 0 spiro atoms. The average Bonchev–Trinajstić information content (AvgIpc) is 2.30. The largest absolute Gasteiger partial charge is 0.322 e. The highest BCUT2D eigenvalue weighted by molar-refractivity contribution is 14.1. The van der Waals surface area contributed by atoms with Gasteiger partial charge in [0.1, 0.15) is 0 Å². The highest BCUT2D eigenvalue weighted by atomic mass is 127. The van der Waals surface area contributed by atoms with Crippen LogP contribution in [0.15, 0.2) is 48.8 Å². The van der Waals surface area contributed by atoms with E-state index in [0.29, 0.717) is 5.56 Å². The van der Waals surface area contributed by atoms with E-state index in [0.717, 1.165) is 9.26 Å². The lowest BCUT2D eigenvalue weighted by atomic mass is 10.2. The zero-order valence-electron chi connectivity index (χ0n) is 8.35. The second-order valence-corrected chi connectivity index (χ2v) is 4.45. The summed E-state index contributed by atoms with van der Waals surface area (Å²) >= 11 is 2.21. The number of anilines is 1. The second kappa shape index (κ2) is 5.07. The van der Waals surface area contributed by atoms with Crippen LogP contribution < -0.4 is 5.32 Å². The number of benzene rings is 1. The van der Waals surface area contributed by atoms with Crippen molar-refractivity contribution in [1.29, 1.82) is 0 Å². The summed E-state index contributed by atoms with van der Waals surface area (Å²) in [5, 5.41) is 2.83. The molecule has 2 rings (SSSR count). The number of hydrogen-bond acceptors (Lipinski definition) is 2. The molecular formula is C12H9IN2O. The van der Waals surface area contributed by atoms with Gasteiger partial charge in [0.25, 0.3) is 5.91 Å². The summed E-state index contributed by atoms with van der Waals surface area (Å²) in [6.07, 6.45) is 3.20. The highest BCUT2D eigenvalue weighted by Crippen LogP contribution is 2.13. The quantitative estimate of drug-likeness (QED) is 0.863. The molecule has 1 amide bonds. The van der Waals surface area contributed by atoms with Crippen molar-refractivity contribution in [2.75, 3.05) is 5.32 Å². The van der Waals surface area contributed by atoms with Gasteiger partial charge in [-0.1, -0.05) is 6.07 Å². The fourth-order valence-electron chi connectivity index (χ4n) is 1.27. The number of pyridine rings is 1. The van der Waals surface area contributed by atoms with E-state index >= 15 is 0 Å². The third-order valence-electron chi connectivity index (χ3n) is 2.02. The molecule has 0 bridgehead atoms. The van der Waals surface area contributed by atoms with Crippen molar-refractivity contribution in [2.24, 2.45) is 0 Å². The number of carbonyl (C=O) groups is 1. The minimum atomic E-state index is -0.121. The molecule has 3 nitrogen and oxygen atoms in total. The van der Waals surface area contributed by atoms with Gasteiger partial charge < -0.3 is 5.32 Å². The maximum absolute atomic E-state index is 11.8. The van der Waals surface area contributed by atoms with Gasteiger partial charge >= 0.3 is 0 Å². The van der Waals surface area contributed by atoms with Crippen molar-refractivity contribution in [2.45, 2.75) is 0 Å². The predicted molar refractivity (Wildman–Crippen MR) is 71.3 cm³/mol. The molecule has 1 N–H and O–H groups in total. The zero-order chi connectivity index (χ0) is 11.4. The molecule has 0 aliphatic heterocycles. The molecule has 0 unspecified atom stereocenters. The normalized spacial score (nSPS) is 9.81. The highest BCUT2D eigenvalue weighted by Gasteiger charge is 2.04.